The number of thiophene rings is 1. The van der Waals surface area contributed by atoms with E-state index >= 15 is 0 Å². The van der Waals surface area contributed by atoms with Crippen molar-refractivity contribution in [3.05, 3.63) is 45.6 Å². The Morgan fingerprint density at radius 2 is 1.96 bits per heavy atom. The van der Waals surface area contributed by atoms with Crippen molar-refractivity contribution in [1.29, 1.82) is 0 Å². The monoisotopic (exact) mass is 344 g/mol. The number of para-hydroxylation sites is 2. The molecule has 1 atom stereocenters. The maximum Gasteiger partial charge on any atom is 0.283 e. The van der Waals surface area contributed by atoms with Crippen molar-refractivity contribution in [3.8, 4) is 11.5 Å². The third-order valence-corrected chi connectivity index (χ3v) is 5.31. The van der Waals surface area contributed by atoms with Crippen LogP contribution in [0.25, 0.3) is 0 Å². The highest BCUT2D eigenvalue weighted by atomic mass is 32.1. The fourth-order valence-corrected chi connectivity index (χ4v) is 4.00. The second-order valence-electron chi connectivity index (χ2n) is 5.72. The highest BCUT2D eigenvalue weighted by Gasteiger charge is 2.28. The second-order valence-corrected chi connectivity index (χ2v) is 6.86. The van der Waals surface area contributed by atoms with Crippen molar-refractivity contribution in [2.24, 2.45) is 0 Å². The van der Waals surface area contributed by atoms with Crippen molar-refractivity contribution in [2.45, 2.75) is 25.4 Å². The van der Waals surface area contributed by atoms with Gasteiger partial charge >= 0.3 is 0 Å². The average molecular weight is 344 g/mol. The van der Waals surface area contributed by atoms with Crippen molar-refractivity contribution in [3.63, 3.8) is 0 Å². The van der Waals surface area contributed by atoms with Gasteiger partial charge in [-0.25, -0.2) is 0 Å². The maximum atomic E-state index is 12.2. The van der Waals surface area contributed by atoms with Crippen LogP contribution in [0, 0.1) is 0 Å². The van der Waals surface area contributed by atoms with Crippen LogP contribution in [0.2, 0.25) is 0 Å². The number of benzene rings is 1. The average Bonchev–Trinajstić information content (AvgIpc) is 3.21. The van der Waals surface area contributed by atoms with E-state index in [0.717, 1.165) is 19.3 Å². The van der Waals surface area contributed by atoms with Crippen LogP contribution in [-0.4, -0.2) is 24.5 Å². The van der Waals surface area contributed by atoms with E-state index in [9.17, 15) is 9.59 Å². The SMILES string of the molecule is O=C(NNC(=O)[C@H]1COc2ccccc2O1)c1cc2c(s1)CCC2. The Morgan fingerprint density at radius 1 is 1.12 bits per heavy atom. The fraction of sp³-hybridized carbons (Fsp3) is 0.294. The molecule has 1 aromatic carbocycles. The van der Waals surface area contributed by atoms with E-state index in [2.05, 4.69) is 10.9 Å². The van der Waals surface area contributed by atoms with Crippen molar-refractivity contribution in [2.75, 3.05) is 6.61 Å². The number of ether oxygens (including phenoxy) is 2. The number of carbonyl (C=O) groups excluding carboxylic acids is 2. The molecule has 0 radical (unpaired) electrons. The van der Waals surface area contributed by atoms with E-state index < -0.39 is 12.0 Å². The molecule has 1 aromatic heterocycles. The van der Waals surface area contributed by atoms with Gasteiger partial charge in [-0.1, -0.05) is 12.1 Å². The van der Waals surface area contributed by atoms with Gasteiger partial charge in [0.05, 0.1) is 4.88 Å². The Labute approximate surface area is 142 Å². The Balaban J connectivity index is 1.34. The largest absolute Gasteiger partial charge is 0.485 e. The summed E-state index contributed by atoms with van der Waals surface area (Å²) in [6.45, 7) is 0.103. The molecule has 0 saturated carbocycles. The topological polar surface area (TPSA) is 76.7 Å². The Kier molecular flexibility index (Phi) is 3.86. The zero-order chi connectivity index (χ0) is 16.5. The van der Waals surface area contributed by atoms with Crippen LogP contribution in [0.3, 0.4) is 0 Å². The van der Waals surface area contributed by atoms with Crippen LogP contribution < -0.4 is 20.3 Å². The first-order valence-corrected chi connectivity index (χ1v) is 8.62. The van der Waals surface area contributed by atoms with Gasteiger partial charge in [-0.2, -0.15) is 0 Å². The van der Waals surface area contributed by atoms with Crippen molar-refractivity contribution < 1.29 is 19.1 Å². The smallest absolute Gasteiger partial charge is 0.283 e. The standard InChI is InChI=1S/C17H16N2O4S/c20-16(13-9-22-11-5-1-2-6-12(11)23-13)18-19-17(21)15-8-10-4-3-7-14(10)24-15/h1-2,5-6,8,13H,3-4,7,9H2,(H,18,20)(H,19,21)/t13-/m1/s1. The lowest BCUT2D eigenvalue weighted by Gasteiger charge is -2.25. The molecule has 6 nitrogen and oxygen atoms in total. The van der Waals surface area contributed by atoms with Crippen LogP contribution >= 0.6 is 11.3 Å². The van der Waals surface area contributed by atoms with Gasteiger partial charge in [0, 0.05) is 4.88 Å². The molecule has 0 bridgehead atoms. The molecular weight excluding hydrogens is 328 g/mol. The highest BCUT2D eigenvalue weighted by molar-refractivity contribution is 7.14. The summed E-state index contributed by atoms with van der Waals surface area (Å²) >= 11 is 1.49. The van der Waals surface area contributed by atoms with E-state index in [4.69, 9.17) is 9.47 Å². The van der Waals surface area contributed by atoms with Gasteiger partial charge in [-0.3, -0.25) is 20.4 Å². The van der Waals surface area contributed by atoms with Crippen LogP contribution in [-0.2, 0) is 17.6 Å². The summed E-state index contributed by atoms with van der Waals surface area (Å²) in [7, 11) is 0. The summed E-state index contributed by atoms with van der Waals surface area (Å²) < 4.78 is 11.1. The molecule has 2 aliphatic rings. The van der Waals surface area contributed by atoms with Crippen LogP contribution in [0.15, 0.2) is 30.3 Å². The van der Waals surface area contributed by atoms with Crippen LogP contribution in [0.4, 0.5) is 0 Å². The normalized spacial score (nSPS) is 17.9. The highest BCUT2D eigenvalue weighted by Crippen LogP contribution is 2.31. The lowest BCUT2D eigenvalue weighted by atomic mass is 10.2. The molecule has 1 aliphatic carbocycles. The molecule has 0 unspecified atom stereocenters. The number of fused-ring (bicyclic) bond motifs is 2. The number of amides is 2. The van der Waals surface area contributed by atoms with Crippen LogP contribution in [0.1, 0.15) is 26.5 Å². The minimum Gasteiger partial charge on any atom is -0.485 e. The predicted molar refractivity (Wildman–Crippen MR) is 88.3 cm³/mol. The summed E-state index contributed by atoms with van der Waals surface area (Å²) in [5.41, 5.74) is 6.10. The molecule has 24 heavy (non-hydrogen) atoms. The Morgan fingerprint density at radius 3 is 2.79 bits per heavy atom. The number of aryl methyl sites for hydroxylation is 2. The summed E-state index contributed by atoms with van der Waals surface area (Å²) in [5.74, 6) is 0.380. The quantitative estimate of drug-likeness (QED) is 0.815. The van der Waals surface area contributed by atoms with Gasteiger partial charge < -0.3 is 9.47 Å². The van der Waals surface area contributed by atoms with E-state index in [1.54, 1.807) is 18.2 Å². The third kappa shape index (κ3) is 2.82. The number of hydrazine groups is 1. The van der Waals surface area contributed by atoms with Crippen LogP contribution in [0.5, 0.6) is 11.5 Å². The zero-order valence-electron chi connectivity index (χ0n) is 12.8. The number of hydrogen-bond donors (Lipinski definition) is 2. The van der Waals surface area contributed by atoms with Gasteiger partial charge in [0.1, 0.15) is 6.61 Å². The van der Waals surface area contributed by atoms with Gasteiger partial charge in [0.15, 0.2) is 11.5 Å². The molecule has 2 amide bonds. The molecule has 124 valence electrons. The molecule has 1 aliphatic heterocycles. The van der Waals surface area contributed by atoms with Gasteiger partial charge in [-0.05, 0) is 43.0 Å². The van der Waals surface area contributed by atoms with Gasteiger partial charge in [-0.15, -0.1) is 11.3 Å². The summed E-state index contributed by atoms with van der Waals surface area (Å²) in [6, 6.07) is 9.06. The van der Waals surface area contributed by atoms with E-state index in [1.165, 1.54) is 21.8 Å². The molecule has 2 heterocycles. The molecule has 0 spiro atoms. The summed E-state index contributed by atoms with van der Waals surface area (Å²) in [6.07, 6.45) is 2.42. The summed E-state index contributed by atoms with van der Waals surface area (Å²) in [5, 5.41) is 0. The molecule has 2 aromatic rings. The van der Waals surface area contributed by atoms with E-state index in [0.29, 0.717) is 16.4 Å². The first-order valence-electron chi connectivity index (χ1n) is 7.81. The molecule has 4 rings (SSSR count). The maximum absolute atomic E-state index is 12.2. The first kappa shape index (κ1) is 15.0. The Hall–Kier alpha value is -2.54. The molecule has 0 saturated heterocycles. The summed E-state index contributed by atoms with van der Waals surface area (Å²) in [4.78, 5) is 26.2. The zero-order valence-corrected chi connectivity index (χ0v) is 13.7. The minimum atomic E-state index is -0.798. The third-order valence-electron chi connectivity index (χ3n) is 4.07. The molecule has 7 heteroatoms. The number of nitrogens with one attached hydrogen (secondary N) is 2. The van der Waals surface area contributed by atoms with E-state index in [1.807, 2.05) is 12.1 Å². The van der Waals surface area contributed by atoms with Crippen molar-refractivity contribution >= 4 is 23.2 Å². The first-order chi connectivity index (χ1) is 11.7. The molecule has 2 N–H and O–H groups in total. The Bertz CT molecular complexity index is 780. The molecular formula is C17H16N2O4S. The minimum absolute atomic E-state index is 0.103. The van der Waals surface area contributed by atoms with Crippen molar-refractivity contribution in [1.82, 2.24) is 10.9 Å². The van der Waals surface area contributed by atoms with Gasteiger partial charge in [0.2, 0.25) is 6.10 Å². The van der Waals surface area contributed by atoms with Gasteiger partial charge in [0.25, 0.3) is 11.8 Å². The lowest BCUT2D eigenvalue weighted by Crippen LogP contribution is -2.50. The number of hydrogen-bond acceptors (Lipinski definition) is 5. The predicted octanol–water partition coefficient (Wildman–Crippen LogP) is 1.84. The molecule has 0 fully saturated rings. The number of carbonyl (C=O) groups is 2. The second kappa shape index (κ2) is 6.16. The fourth-order valence-electron chi connectivity index (χ4n) is 2.85. The van der Waals surface area contributed by atoms with E-state index in [-0.39, 0.29) is 12.5 Å². The number of rotatable bonds is 2. The lowest BCUT2D eigenvalue weighted by molar-refractivity contribution is -0.131.